The van der Waals surface area contributed by atoms with Crippen molar-refractivity contribution in [3.63, 3.8) is 0 Å². The Labute approximate surface area is 182 Å². The number of nitrogens with one attached hydrogen (secondary N) is 3. The predicted molar refractivity (Wildman–Crippen MR) is 116 cm³/mol. The summed E-state index contributed by atoms with van der Waals surface area (Å²) in [5.41, 5.74) is 1.56. The Morgan fingerprint density at radius 2 is 1.58 bits per heavy atom. The molecule has 2 aliphatic rings. The van der Waals surface area contributed by atoms with Crippen molar-refractivity contribution < 1.29 is 23.8 Å². The van der Waals surface area contributed by atoms with E-state index in [9.17, 15) is 14.0 Å². The van der Waals surface area contributed by atoms with Crippen molar-refractivity contribution in [3.05, 3.63) is 66.0 Å². The van der Waals surface area contributed by atoms with Gasteiger partial charge in [-0.3, -0.25) is 9.59 Å². The van der Waals surface area contributed by atoms with Crippen LogP contribution in [0.4, 0.5) is 10.1 Å². The van der Waals surface area contributed by atoms with Crippen molar-refractivity contribution >= 4 is 17.5 Å². The van der Waals surface area contributed by atoms with Crippen LogP contribution in [-0.2, 0) is 9.59 Å². The molecule has 0 saturated carbocycles. The molecular weight excluding hydrogens is 395 g/mol. The van der Waals surface area contributed by atoms with E-state index in [-0.39, 0.29) is 23.7 Å². The van der Waals surface area contributed by atoms with Crippen LogP contribution in [0.5, 0.6) is 0 Å². The minimum absolute atomic E-state index is 0.0931. The van der Waals surface area contributed by atoms with Crippen molar-refractivity contribution in [2.24, 2.45) is 0 Å². The molecule has 164 valence electrons. The number of carbonyl (C=O) groups is 2. The number of hydrogen-bond donors (Lipinski definition) is 3. The zero-order chi connectivity index (χ0) is 21.6. The lowest BCUT2D eigenvalue weighted by Gasteiger charge is -2.34. The summed E-state index contributed by atoms with van der Waals surface area (Å²) in [6.45, 7) is 5.69. The van der Waals surface area contributed by atoms with Gasteiger partial charge in [-0.05, 0) is 37.1 Å². The van der Waals surface area contributed by atoms with Crippen molar-refractivity contribution in [1.29, 1.82) is 0 Å². The molecule has 6 nitrogen and oxygen atoms in total. The van der Waals surface area contributed by atoms with Gasteiger partial charge in [0.25, 0.3) is 11.8 Å². The fourth-order valence-electron chi connectivity index (χ4n) is 4.65. The van der Waals surface area contributed by atoms with Gasteiger partial charge in [-0.25, -0.2) is 4.39 Å². The Morgan fingerprint density at radius 1 is 0.935 bits per heavy atom. The Balaban J connectivity index is 1.41. The lowest BCUT2D eigenvalue weighted by atomic mass is 10.0. The highest BCUT2D eigenvalue weighted by Crippen LogP contribution is 2.14. The normalized spacial score (nSPS) is 22.2. The first kappa shape index (κ1) is 21.5. The molecule has 0 aliphatic carbocycles. The molecule has 1 atom stereocenters. The topological polar surface area (TPSA) is 58.3 Å². The van der Waals surface area contributed by atoms with Gasteiger partial charge in [0, 0.05) is 24.3 Å². The first-order valence-electron chi connectivity index (χ1n) is 11.2. The summed E-state index contributed by atoms with van der Waals surface area (Å²) in [6.07, 6.45) is 2.22. The quantitative estimate of drug-likeness (QED) is 0.605. The number of amides is 2. The number of anilines is 1. The first-order valence-corrected chi connectivity index (χ1v) is 11.2. The molecule has 2 aromatic carbocycles. The molecule has 3 N–H and O–H groups in total. The standard InChI is InChI=1S/C24H29FN4O2/c25-20-8-10-21(11-9-20)26-24(31)23(19-6-2-1-3-7-19)29-16-14-27(15-17-29)18-22(30)28-12-4-5-13-28/h1-3,6-11,23H,4-5,12-18H2,(H,26,31)/p+2/t23-/m0/s1. The molecule has 2 amide bonds. The zero-order valence-electron chi connectivity index (χ0n) is 17.8. The van der Waals surface area contributed by atoms with Gasteiger partial charge in [0.05, 0.1) is 0 Å². The second-order valence-corrected chi connectivity index (χ2v) is 8.51. The number of likely N-dealkylation sites (tertiary alicyclic amines) is 1. The second-order valence-electron chi connectivity index (χ2n) is 8.51. The molecule has 2 heterocycles. The summed E-state index contributed by atoms with van der Waals surface area (Å²) in [6, 6.07) is 15.3. The molecule has 2 saturated heterocycles. The average Bonchev–Trinajstić information content (AvgIpc) is 3.33. The van der Waals surface area contributed by atoms with Gasteiger partial charge in [0.15, 0.2) is 12.6 Å². The number of quaternary nitrogens is 2. The van der Waals surface area contributed by atoms with Crippen LogP contribution in [0.15, 0.2) is 54.6 Å². The summed E-state index contributed by atoms with van der Waals surface area (Å²) in [7, 11) is 0. The Hall–Kier alpha value is -2.77. The van der Waals surface area contributed by atoms with Gasteiger partial charge in [0.1, 0.15) is 32.0 Å². The maximum Gasteiger partial charge on any atom is 0.287 e. The lowest BCUT2D eigenvalue weighted by molar-refractivity contribution is -1.02. The predicted octanol–water partition coefficient (Wildman–Crippen LogP) is -0.0887. The number of carbonyl (C=O) groups excluding carboxylic acids is 2. The second kappa shape index (κ2) is 10.0. The van der Waals surface area contributed by atoms with Crippen LogP contribution < -0.4 is 15.1 Å². The van der Waals surface area contributed by atoms with Crippen molar-refractivity contribution in [2.75, 3.05) is 51.1 Å². The van der Waals surface area contributed by atoms with Gasteiger partial charge < -0.3 is 20.0 Å². The Kier molecular flexibility index (Phi) is 6.94. The maximum absolute atomic E-state index is 13.2. The smallest absolute Gasteiger partial charge is 0.287 e. The third-order valence-corrected chi connectivity index (χ3v) is 6.37. The van der Waals surface area contributed by atoms with Gasteiger partial charge in [-0.2, -0.15) is 0 Å². The molecule has 0 aromatic heterocycles. The van der Waals surface area contributed by atoms with Crippen LogP contribution in [0, 0.1) is 5.82 Å². The largest absolute Gasteiger partial charge is 0.338 e. The van der Waals surface area contributed by atoms with E-state index in [0.29, 0.717) is 12.2 Å². The molecule has 2 aliphatic heterocycles. The number of halogens is 1. The van der Waals surface area contributed by atoms with E-state index in [1.165, 1.54) is 21.9 Å². The summed E-state index contributed by atoms with van der Waals surface area (Å²) in [4.78, 5) is 30.2. The average molecular weight is 427 g/mol. The summed E-state index contributed by atoms with van der Waals surface area (Å²) in [5, 5.41) is 2.95. The van der Waals surface area contributed by atoms with Crippen LogP contribution in [-0.4, -0.2) is 62.5 Å². The van der Waals surface area contributed by atoms with Crippen LogP contribution in [0.25, 0.3) is 0 Å². The Bertz CT molecular complexity index is 876. The van der Waals surface area contributed by atoms with E-state index in [1.54, 1.807) is 12.1 Å². The Morgan fingerprint density at radius 3 is 2.23 bits per heavy atom. The molecule has 31 heavy (non-hydrogen) atoms. The van der Waals surface area contributed by atoms with Crippen LogP contribution in [0.2, 0.25) is 0 Å². The van der Waals surface area contributed by atoms with Crippen LogP contribution >= 0.6 is 0 Å². The molecular formula is C24H31FN4O2+2. The molecule has 0 spiro atoms. The van der Waals surface area contributed by atoms with Gasteiger partial charge in [-0.15, -0.1) is 0 Å². The highest BCUT2D eigenvalue weighted by molar-refractivity contribution is 5.94. The van der Waals surface area contributed by atoms with Crippen LogP contribution in [0.1, 0.15) is 24.4 Å². The van der Waals surface area contributed by atoms with Crippen molar-refractivity contribution in [2.45, 2.75) is 18.9 Å². The van der Waals surface area contributed by atoms with Gasteiger partial charge >= 0.3 is 0 Å². The van der Waals surface area contributed by atoms with Gasteiger partial charge in [-0.1, -0.05) is 30.3 Å². The molecule has 2 aromatic rings. The molecule has 7 heteroatoms. The van der Waals surface area contributed by atoms with E-state index in [2.05, 4.69) is 5.32 Å². The molecule has 0 bridgehead atoms. The van der Waals surface area contributed by atoms with Crippen molar-refractivity contribution in [1.82, 2.24) is 4.90 Å². The zero-order valence-corrected chi connectivity index (χ0v) is 17.8. The third kappa shape index (κ3) is 5.48. The lowest BCUT2D eigenvalue weighted by Crippen LogP contribution is -3.28. The number of rotatable bonds is 6. The fraction of sp³-hybridized carbons (Fsp3) is 0.417. The van der Waals surface area contributed by atoms with Gasteiger partial charge in [0.2, 0.25) is 0 Å². The summed E-state index contributed by atoms with van der Waals surface area (Å²) in [5.74, 6) is -0.167. The van der Waals surface area contributed by atoms with E-state index in [0.717, 1.165) is 57.7 Å². The fourth-order valence-corrected chi connectivity index (χ4v) is 4.65. The summed E-state index contributed by atoms with van der Waals surface area (Å²) >= 11 is 0. The molecule has 2 fully saturated rings. The maximum atomic E-state index is 13.2. The highest BCUT2D eigenvalue weighted by atomic mass is 19.1. The van der Waals surface area contributed by atoms with E-state index in [4.69, 9.17) is 0 Å². The number of nitrogens with zero attached hydrogens (tertiary/aromatic N) is 1. The molecule has 0 radical (unpaired) electrons. The first-order chi connectivity index (χ1) is 15.1. The molecule has 4 rings (SSSR count). The molecule has 0 unspecified atom stereocenters. The summed E-state index contributed by atoms with van der Waals surface area (Å²) < 4.78 is 13.2. The highest BCUT2D eigenvalue weighted by Gasteiger charge is 2.36. The number of piperazine rings is 1. The van der Waals surface area contributed by atoms with E-state index >= 15 is 0 Å². The number of hydrogen-bond acceptors (Lipinski definition) is 2. The minimum atomic E-state index is -0.345. The number of benzene rings is 2. The minimum Gasteiger partial charge on any atom is -0.338 e. The SMILES string of the molecule is O=C(Nc1ccc(F)cc1)[C@H](c1ccccc1)[NH+]1CC[NH+](CC(=O)N2CCCC2)CC1. The van der Waals surface area contributed by atoms with E-state index < -0.39 is 0 Å². The van der Waals surface area contributed by atoms with Crippen LogP contribution in [0.3, 0.4) is 0 Å². The van der Waals surface area contributed by atoms with Crippen molar-refractivity contribution in [3.8, 4) is 0 Å². The monoisotopic (exact) mass is 426 g/mol. The third-order valence-electron chi connectivity index (χ3n) is 6.37. The van der Waals surface area contributed by atoms with E-state index in [1.807, 2.05) is 35.2 Å².